The van der Waals surface area contributed by atoms with Crippen LogP contribution < -0.4 is 10.6 Å². The number of carbonyl (C=O) groups excluding carboxylic acids is 2. The van der Waals surface area contributed by atoms with E-state index in [2.05, 4.69) is 10.6 Å². The quantitative estimate of drug-likeness (QED) is 0.196. The number of hydrogen-bond acceptors (Lipinski definition) is 4. The Balaban J connectivity index is 1.73. The van der Waals surface area contributed by atoms with E-state index in [1.54, 1.807) is 24.3 Å². The van der Waals surface area contributed by atoms with Gasteiger partial charge in [0, 0.05) is 30.8 Å². The number of amides is 2. The largest absolute Gasteiger partial charge is 0.390 e. The van der Waals surface area contributed by atoms with Gasteiger partial charge in [-0.25, -0.2) is 0 Å². The zero-order valence-electron chi connectivity index (χ0n) is 22.1. The molecule has 0 bridgehead atoms. The Morgan fingerprint density at radius 1 is 0.868 bits per heavy atom. The van der Waals surface area contributed by atoms with Gasteiger partial charge < -0.3 is 15.3 Å². The number of rotatable bonds is 14. The lowest BCUT2D eigenvalue weighted by molar-refractivity contribution is 0.0755. The third-order valence-electron chi connectivity index (χ3n) is 6.32. The van der Waals surface area contributed by atoms with Crippen LogP contribution in [-0.2, 0) is 6.42 Å². The zero-order valence-corrected chi connectivity index (χ0v) is 22.9. The second-order valence-corrected chi connectivity index (χ2v) is 9.83. The molecule has 0 saturated carbocycles. The molecule has 3 rings (SSSR count). The van der Waals surface area contributed by atoms with E-state index in [-0.39, 0.29) is 18.4 Å². The molecular weight excluding hydrogens is 498 g/mol. The molecule has 0 radical (unpaired) electrons. The molecule has 0 heterocycles. The number of carbonyl (C=O) groups is 2. The van der Waals surface area contributed by atoms with Crippen molar-refractivity contribution in [1.82, 2.24) is 15.5 Å². The highest BCUT2D eigenvalue weighted by molar-refractivity contribution is 6.20. The van der Waals surface area contributed by atoms with Gasteiger partial charge in [-0.2, -0.15) is 0 Å². The summed E-state index contributed by atoms with van der Waals surface area (Å²) >= 11 is 6.49. The van der Waals surface area contributed by atoms with Gasteiger partial charge in [-0.3, -0.25) is 14.9 Å². The van der Waals surface area contributed by atoms with Crippen LogP contribution in [0.5, 0.6) is 0 Å². The highest BCUT2D eigenvalue weighted by Crippen LogP contribution is 2.17. The fourth-order valence-corrected chi connectivity index (χ4v) is 4.57. The van der Waals surface area contributed by atoms with E-state index >= 15 is 0 Å². The number of aliphatic hydroxyl groups is 1. The van der Waals surface area contributed by atoms with Gasteiger partial charge in [0.25, 0.3) is 11.8 Å². The van der Waals surface area contributed by atoms with Crippen molar-refractivity contribution in [3.63, 3.8) is 0 Å². The lowest BCUT2D eigenvalue weighted by Gasteiger charge is -2.26. The van der Waals surface area contributed by atoms with E-state index in [1.165, 1.54) is 0 Å². The van der Waals surface area contributed by atoms with Crippen LogP contribution >= 0.6 is 11.6 Å². The van der Waals surface area contributed by atoms with Crippen LogP contribution in [0.3, 0.4) is 0 Å². The fourth-order valence-electron chi connectivity index (χ4n) is 4.34. The molecule has 7 heteroatoms. The summed E-state index contributed by atoms with van der Waals surface area (Å²) in [5.74, 6) is -0.426. The molecule has 0 aliphatic carbocycles. The minimum Gasteiger partial charge on any atom is -0.390 e. The van der Waals surface area contributed by atoms with Crippen LogP contribution in [0.1, 0.15) is 64.0 Å². The molecule has 0 fully saturated rings. The molecular formula is C31H38ClN3O3. The van der Waals surface area contributed by atoms with Gasteiger partial charge in [-0.05, 0) is 48.6 Å². The summed E-state index contributed by atoms with van der Waals surface area (Å²) in [7, 11) is 0. The Bertz CT molecular complexity index is 1140. The van der Waals surface area contributed by atoms with Crippen molar-refractivity contribution in [2.75, 3.05) is 19.6 Å². The summed E-state index contributed by atoms with van der Waals surface area (Å²) in [5, 5.41) is 17.2. The summed E-state index contributed by atoms with van der Waals surface area (Å²) in [5.41, 5.74) is 2.26. The highest BCUT2D eigenvalue weighted by atomic mass is 35.5. The first-order valence-corrected chi connectivity index (χ1v) is 13.7. The number of nitrogens with zero attached hydrogens (tertiary/aromatic N) is 1. The minimum absolute atomic E-state index is 0.0810. The molecule has 3 N–H and O–H groups in total. The Kier molecular flexibility index (Phi) is 11.8. The van der Waals surface area contributed by atoms with E-state index in [0.717, 1.165) is 24.0 Å². The predicted molar refractivity (Wildman–Crippen MR) is 153 cm³/mol. The molecule has 0 saturated heterocycles. The predicted octanol–water partition coefficient (Wildman–Crippen LogP) is 5.18. The molecule has 3 aromatic rings. The van der Waals surface area contributed by atoms with Crippen molar-refractivity contribution in [3.05, 3.63) is 107 Å². The summed E-state index contributed by atoms with van der Waals surface area (Å²) in [6.45, 7) is 5.61. The van der Waals surface area contributed by atoms with Gasteiger partial charge >= 0.3 is 0 Å². The number of nitrogens with one attached hydrogen (secondary N) is 2. The average molecular weight is 536 g/mol. The van der Waals surface area contributed by atoms with Crippen LogP contribution in [0.2, 0.25) is 0 Å². The molecule has 3 aromatic carbocycles. The lowest BCUT2D eigenvalue weighted by Crippen LogP contribution is -2.49. The van der Waals surface area contributed by atoms with Gasteiger partial charge in [0.1, 0.15) is 5.50 Å². The molecule has 0 aromatic heterocycles. The third kappa shape index (κ3) is 8.69. The first-order valence-electron chi connectivity index (χ1n) is 13.3. The molecule has 1 unspecified atom stereocenters. The number of aliphatic hydroxyl groups excluding tert-OH is 1. The van der Waals surface area contributed by atoms with Crippen molar-refractivity contribution < 1.29 is 14.7 Å². The fraction of sp³-hybridized carbons (Fsp3) is 0.355. The maximum absolute atomic E-state index is 13.3. The summed E-state index contributed by atoms with van der Waals surface area (Å²) in [6, 6.07) is 25.5. The summed E-state index contributed by atoms with van der Waals surface area (Å²) in [4.78, 5) is 28.2. The Labute approximate surface area is 231 Å². The first kappa shape index (κ1) is 29.4. The Morgan fingerprint density at radius 3 is 2.11 bits per heavy atom. The minimum atomic E-state index is -0.904. The highest BCUT2D eigenvalue weighted by Gasteiger charge is 2.24. The van der Waals surface area contributed by atoms with E-state index in [9.17, 15) is 14.7 Å². The summed E-state index contributed by atoms with van der Waals surface area (Å²) in [6.07, 6.45) is 1.27. The second kappa shape index (κ2) is 15.3. The van der Waals surface area contributed by atoms with Crippen LogP contribution in [0.4, 0.5) is 0 Å². The van der Waals surface area contributed by atoms with Crippen LogP contribution in [0.15, 0.2) is 84.9 Å². The molecule has 0 aliphatic rings. The average Bonchev–Trinajstić information content (AvgIpc) is 2.96. The molecule has 6 nitrogen and oxygen atoms in total. The topological polar surface area (TPSA) is 81.7 Å². The van der Waals surface area contributed by atoms with E-state index < -0.39 is 17.6 Å². The maximum Gasteiger partial charge on any atom is 0.253 e. The molecule has 3 atom stereocenters. The molecule has 202 valence electrons. The van der Waals surface area contributed by atoms with Crippen LogP contribution in [0, 0.1) is 0 Å². The zero-order chi connectivity index (χ0) is 27.3. The molecule has 2 amide bonds. The number of halogens is 1. The van der Waals surface area contributed by atoms with Crippen molar-refractivity contribution in [2.45, 2.75) is 50.8 Å². The van der Waals surface area contributed by atoms with Crippen molar-refractivity contribution in [3.8, 4) is 0 Å². The molecule has 0 aliphatic heterocycles. The number of alkyl halides is 1. The van der Waals surface area contributed by atoms with Crippen molar-refractivity contribution in [2.24, 2.45) is 0 Å². The Hall–Kier alpha value is -3.19. The van der Waals surface area contributed by atoms with Gasteiger partial charge in [-0.15, -0.1) is 11.6 Å². The number of benzene rings is 3. The Morgan fingerprint density at radius 2 is 1.47 bits per heavy atom. The van der Waals surface area contributed by atoms with Gasteiger partial charge in [-0.1, -0.05) is 80.6 Å². The van der Waals surface area contributed by atoms with Gasteiger partial charge in [0.05, 0.1) is 12.1 Å². The van der Waals surface area contributed by atoms with Crippen molar-refractivity contribution in [1.29, 1.82) is 0 Å². The van der Waals surface area contributed by atoms with Gasteiger partial charge in [0.15, 0.2) is 0 Å². The van der Waals surface area contributed by atoms with Gasteiger partial charge in [0.2, 0.25) is 0 Å². The summed E-state index contributed by atoms with van der Waals surface area (Å²) < 4.78 is 0. The van der Waals surface area contributed by atoms with Crippen LogP contribution in [-0.4, -0.2) is 53.6 Å². The normalized spacial score (nSPS) is 13.4. The maximum atomic E-state index is 13.3. The number of hydrogen-bond donors (Lipinski definition) is 3. The second-order valence-electron chi connectivity index (χ2n) is 9.39. The SMILES string of the molecule is CCCN(CCC)C(=O)c1cccc(C(=O)N[C@@H](Cc2ccccc2)[C@H](O)CNC(Cl)c2ccccc2)c1. The first-order chi connectivity index (χ1) is 18.4. The smallest absolute Gasteiger partial charge is 0.253 e. The van der Waals surface area contributed by atoms with E-state index in [0.29, 0.717) is 30.6 Å². The van der Waals surface area contributed by atoms with Crippen LogP contribution in [0.25, 0.3) is 0 Å². The van der Waals surface area contributed by atoms with E-state index in [1.807, 2.05) is 79.4 Å². The lowest BCUT2D eigenvalue weighted by atomic mass is 10.00. The van der Waals surface area contributed by atoms with Crippen molar-refractivity contribution >= 4 is 23.4 Å². The monoisotopic (exact) mass is 535 g/mol. The molecule has 0 spiro atoms. The third-order valence-corrected chi connectivity index (χ3v) is 6.73. The standard InChI is InChI=1S/C31H38ClN3O3/c1-3-18-35(19-4-2)31(38)26-17-11-16-25(21-26)30(37)34-27(20-23-12-7-5-8-13-23)28(36)22-33-29(32)24-14-9-6-10-15-24/h5-17,21,27-29,33,36H,3-4,18-20,22H2,1-2H3,(H,34,37)/t27-,28+,29?/m0/s1. The molecule has 38 heavy (non-hydrogen) atoms. The van der Waals surface area contributed by atoms with E-state index in [4.69, 9.17) is 11.6 Å².